The molecule has 0 aliphatic heterocycles. The largest absolute Gasteiger partial charge is 0.398 e. The van der Waals surface area contributed by atoms with Crippen molar-refractivity contribution < 1.29 is 4.79 Å². The highest BCUT2D eigenvalue weighted by Gasteiger charge is 2.07. The van der Waals surface area contributed by atoms with E-state index in [-0.39, 0.29) is 5.91 Å². The predicted octanol–water partition coefficient (Wildman–Crippen LogP) is 1.34. The van der Waals surface area contributed by atoms with Crippen molar-refractivity contribution in [3.8, 4) is 0 Å². The molecule has 4 nitrogen and oxygen atoms in total. The second kappa shape index (κ2) is 6.91. The van der Waals surface area contributed by atoms with Crippen LogP contribution in [0.25, 0.3) is 0 Å². The average molecular weight is 235 g/mol. The highest BCUT2D eigenvalue weighted by molar-refractivity contribution is 5.98. The van der Waals surface area contributed by atoms with Crippen LogP contribution >= 0.6 is 0 Å². The molecular formula is C13H21N3O. The number of rotatable bonds is 6. The van der Waals surface area contributed by atoms with Crippen molar-refractivity contribution in [2.24, 2.45) is 0 Å². The van der Waals surface area contributed by atoms with Gasteiger partial charge in [0, 0.05) is 12.2 Å². The number of anilines is 1. The fraction of sp³-hybridized carbons (Fsp3) is 0.462. The van der Waals surface area contributed by atoms with Crippen molar-refractivity contribution in [2.45, 2.75) is 12.8 Å². The van der Waals surface area contributed by atoms with Gasteiger partial charge in [0.25, 0.3) is 5.91 Å². The van der Waals surface area contributed by atoms with Crippen molar-refractivity contribution in [1.29, 1.82) is 0 Å². The first-order valence-corrected chi connectivity index (χ1v) is 5.88. The summed E-state index contributed by atoms with van der Waals surface area (Å²) < 4.78 is 0. The van der Waals surface area contributed by atoms with Crippen LogP contribution in [0.1, 0.15) is 23.2 Å². The van der Waals surface area contributed by atoms with Gasteiger partial charge < -0.3 is 16.0 Å². The van der Waals surface area contributed by atoms with Crippen LogP contribution in [0.2, 0.25) is 0 Å². The van der Waals surface area contributed by atoms with E-state index in [2.05, 4.69) is 10.2 Å². The van der Waals surface area contributed by atoms with Crippen LogP contribution in [0.4, 0.5) is 5.69 Å². The summed E-state index contributed by atoms with van der Waals surface area (Å²) in [5, 5.41) is 2.88. The Hall–Kier alpha value is -1.55. The topological polar surface area (TPSA) is 58.4 Å². The molecule has 0 aliphatic carbocycles. The molecule has 1 aromatic rings. The maximum Gasteiger partial charge on any atom is 0.253 e. The van der Waals surface area contributed by atoms with Crippen molar-refractivity contribution in [3.05, 3.63) is 29.8 Å². The number of para-hydroxylation sites is 1. The summed E-state index contributed by atoms with van der Waals surface area (Å²) in [5.74, 6) is -0.0899. The molecule has 1 rings (SSSR count). The van der Waals surface area contributed by atoms with E-state index in [9.17, 15) is 4.79 Å². The van der Waals surface area contributed by atoms with E-state index in [1.165, 1.54) is 0 Å². The Morgan fingerprint density at radius 2 is 2.00 bits per heavy atom. The molecule has 0 spiro atoms. The Morgan fingerprint density at radius 3 is 2.65 bits per heavy atom. The SMILES string of the molecule is CN(C)CCCCNC(=O)c1ccccc1N. The van der Waals surface area contributed by atoms with Gasteiger partial charge in [0.05, 0.1) is 5.56 Å². The molecule has 0 bridgehead atoms. The normalized spacial score (nSPS) is 10.5. The number of amides is 1. The lowest BCUT2D eigenvalue weighted by atomic mass is 10.1. The first-order valence-electron chi connectivity index (χ1n) is 5.88. The molecule has 0 fully saturated rings. The van der Waals surface area contributed by atoms with Gasteiger partial charge in [-0.05, 0) is 45.6 Å². The Morgan fingerprint density at radius 1 is 1.29 bits per heavy atom. The molecule has 1 aromatic carbocycles. The van der Waals surface area contributed by atoms with Gasteiger partial charge in [0.15, 0.2) is 0 Å². The molecule has 3 N–H and O–H groups in total. The van der Waals surface area contributed by atoms with E-state index in [0.29, 0.717) is 17.8 Å². The molecule has 0 saturated heterocycles. The Balaban J connectivity index is 2.29. The molecule has 0 heterocycles. The summed E-state index contributed by atoms with van der Waals surface area (Å²) in [6.45, 7) is 1.74. The molecule has 0 saturated carbocycles. The second-order valence-electron chi connectivity index (χ2n) is 4.35. The zero-order valence-corrected chi connectivity index (χ0v) is 10.6. The van der Waals surface area contributed by atoms with Crippen molar-refractivity contribution in [2.75, 3.05) is 32.9 Å². The lowest BCUT2D eigenvalue weighted by molar-refractivity contribution is 0.0953. The molecule has 4 heteroatoms. The van der Waals surface area contributed by atoms with Gasteiger partial charge in [0.1, 0.15) is 0 Å². The highest BCUT2D eigenvalue weighted by atomic mass is 16.1. The smallest absolute Gasteiger partial charge is 0.253 e. The molecule has 0 atom stereocenters. The van der Waals surface area contributed by atoms with E-state index in [1.807, 2.05) is 26.2 Å². The van der Waals surface area contributed by atoms with Crippen molar-refractivity contribution in [1.82, 2.24) is 10.2 Å². The standard InChI is InChI=1S/C13H21N3O/c1-16(2)10-6-5-9-15-13(17)11-7-3-4-8-12(11)14/h3-4,7-8H,5-6,9-10,14H2,1-2H3,(H,15,17). The van der Waals surface area contributed by atoms with E-state index < -0.39 is 0 Å². The zero-order valence-electron chi connectivity index (χ0n) is 10.6. The minimum absolute atomic E-state index is 0.0899. The number of hydrogen-bond donors (Lipinski definition) is 2. The monoisotopic (exact) mass is 235 g/mol. The van der Waals surface area contributed by atoms with Crippen LogP contribution in [-0.2, 0) is 0 Å². The minimum atomic E-state index is -0.0899. The third-order valence-corrected chi connectivity index (χ3v) is 2.52. The summed E-state index contributed by atoms with van der Waals surface area (Å²) in [5.41, 5.74) is 6.81. The van der Waals surface area contributed by atoms with Gasteiger partial charge in [-0.25, -0.2) is 0 Å². The van der Waals surface area contributed by atoms with Gasteiger partial charge in [-0.2, -0.15) is 0 Å². The Bertz CT molecular complexity index is 363. The molecule has 1 amide bonds. The summed E-state index contributed by atoms with van der Waals surface area (Å²) in [6, 6.07) is 7.12. The molecule has 94 valence electrons. The first-order chi connectivity index (χ1) is 8.11. The summed E-state index contributed by atoms with van der Waals surface area (Å²) in [4.78, 5) is 13.9. The molecule has 17 heavy (non-hydrogen) atoms. The maximum atomic E-state index is 11.8. The molecule has 0 radical (unpaired) electrons. The van der Waals surface area contributed by atoms with Gasteiger partial charge in [-0.1, -0.05) is 12.1 Å². The number of carbonyl (C=O) groups excluding carboxylic acids is 1. The van der Waals surface area contributed by atoms with Gasteiger partial charge in [-0.3, -0.25) is 4.79 Å². The van der Waals surface area contributed by atoms with E-state index in [1.54, 1.807) is 12.1 Å². The summed E-state index contributed by atoms with van der Waals surface area (Å²) >= 11 is 0. The molecule has 0 aliphatic rings. The van der Waals surface area contributed by atoms with Crippen molar-refractivity contribution in [3.63, 3.8) is 0 Å². The number of benzene rings is 1. The van der Waals surface area contributed by atoms with Gasteiger partial charge in [0.2, 0.25) is 0 Å². The average Bonchev–Trinajstić information content (AvgIpc) is 2.28. The van der Waals surface area contributed by atoms with Crippen LogP contribution < -0.4 is 11.1 Å². The fourth-order valence-electron chi connectivity index (χ4n) is 1.55. The van der Waals surface area contributed by atoms with Crippen LogP contribution in [0, 0.1) is 0 Å². The molecule has 0 aromatic heterocycles. The predicted molar refractivity (Wildman–Crippen MR) is 71.0 cm³/mol. The lowest BCUT2D eigenvalue weighted by Gasteiger charge is -2.10. The first kappa shape index (κ1) is 13.5. The van der Waals surface area contributed by atoms with E-state index in [4.69, 9.17) is 5.73 Å². The number of nitrogens with zero attached hydrogens (tertiary/aromatic N) is 1. The lowest BCUT2D eigenvalue weighted by Crippen LogP contribution is -2.26. The number of nitrogens with two attached hydrogens (primary N) is 1. The zero-order chi connectivity index (χ0) is 12.7. The van der Waals surface area contributed by atoms with Crippen LogP contribution in [0.5, 0.6) is 0 Å². The maximum absolute atomic E-state index is 11.8. The number of hydrogen-bond acceptors (Lipinski definition) is 3. The minimum Gasteiger partial charge on any atom is -0.398 e. The van der Waals surface area contributed by atoms with E-state index in [0.717, 1.165) is 19.4 Å². The van der Waals surface area contributed by atoms with Crippen molar-refractivity contribution >= 4 is 11.6 Å². The highest BCUT2D eigenvalue weighted by Crippen LogP contribution is 2.09. The fourth-order valence-corrected chi connectivity index (χ4v) is 1.55. The van der Waals surface area contributed by atoms with Crippen LogP contribution in [0.3, 0.4) is 0 Å². The van der Waals surface area contributed by atoms with E-state index >= 15 is 0 Å². The number of unbranched alkanes of at least 4 members (excludes halogenated alkanes) is 1. The van der Waals surface area contributed by atoms with Crippen LogP contribution in [0.15, 0.2) is 24.3 Å². The quantitative estimate of drug-likeness (QED) is 0.578. The Kier molecular flexibility index (Phi) is 5.49. The number of carbonyl (C=O) groups is 1. The van der Waals surface area contributed by atoms with Gasteiger partial charge in [-0.15, -0.1) is 0 Å². The van der Waals surface area contributed by atoms with Gasteiger partial charge >= 0.3 is 0 Å². The number of nitrogen functional groups attached to an aromatic ring is 1. The molecular weight excluding hydrogens is 214 g/mol. The second-order valence-corrected chi connectivity index (χ2v) is 4.35. The summed E-state index contributed by atoms with van der Waals surface area (Å²) in [6.07, 6.45) is 2.06. The summed E-state index contributed by atoms with van der Waals surface area (Å²) in [7, 11) is 4.09. The Labute approximate surface area is 103 Å². The third-order valence-electron chi connectivity index (χ3n) is 2.52. The van der Waals surface area contributed by atoms with Crippen LogP contribution in [-0.4, -0.2) is 38.0 Å². The molecule has 0 unspecified atom stereocenters. The number of nitrogens with one attached hydrogen (secondary N) is 1. The third kappa shape index (κ3) is 4.87.